The predicted molar refractivity (Wildman–Crippen MR) is 409 cm³/mol. The van der Waals surface area contributed by atoms with E-state index in [1.165, 1.54) is 250 Å². The van der Waals surface area contributed by atoms with Gasteiger partial charge in [-0.2, -0.15) is 0 Å². The number of phosphoric acid groups is 2. The van der Waals surface area contributed by atoms with Crippen molar-refractivity contribution >= 4 is 39.5 Å². The van der Waals surface area contributed by atoms with Gasteiger partial charge in [-0.25, -0.2) is 9.13 Å². The SMILES string of the molecule is CCCCCCCCCCCCCCCCCCCCCCCCC(=O)O[C@H](COC(=O)CCCCCCCCCCCCCCCCCC)COP(=O)(O)OC[C@@H](O)COP(=O)(O)OC[C@@H](COC(=O)CCCCCCCCCC)OC(=O)CCCCCCCCCCCCCC(C)C. The standard InChI is InChI=1S/C81H158O17P2/c1-6-9-12-15-18-21-23-25-27-29-30-31-32-33-34-36-38-42-46-51-56-61-66-80(85)98-77(71-92-79(84)65-60-55-50-45-41-37-35-28-26-24-22-19-16-13-10-7-2)73-96-100(89,90)94-69-75(82)68-93-99(87,88)95-72-76(70-91-78(83)64-59-54-49-20-17-14-11-8-3)97-81(86)67-62-57-52-47-43-39-40-44-48-53-58-63-74(4)5/h74-77,82H,6-73H2,1-5H3,(H,87,88)(H,89,90)/t75-,76+,77+/m0/s1. The van der Waals surface area contributed by atoms with E-state index in [4.69, 9.17) is 37.0 Å². The highest BCUT2D eigenvalue weighted by Crippen LogP contribution is 2.45. The quantitative estimate of drug-likeness (QED) is 0.0222. The number of aliphatic hydroxyl groups excluding tert-OH is 1. The van der Waals surface area contributed by atoms with E-state index in [1.54, 1.807) is 0 Å². The number of carbonyl (C=O) groups is 4. The van der Waals surface area contributed by atoms with Gasteiger partial charge >= 0.3 is 39.5 Å². The molecule has 0 aromatic heterocycles. The first-order chi connectivity index (χ1) is 48.5. The lowest BCUT2D eigenvalue weighted by Crippen LogP contribution is -2.30. The van der Waals surface area contributed by atoms with Crippen LogP contribution in [0.25, 0.3) is 0 Å². The Morgan fingerprint density at radius 2 is 0.460 bits per heavy atom. The van der Waals surface area contributed by atoms with Crippen LogP contribution in [0.2, 0.25) is 0 Å². The molecule has 2 unspecified atom stereocenters. The number of esters is 4. The zero-order chi connectivity index (χ0) is 73.4. The highest BCUT2D eigenvalue weighted by molar-refractivity contribution is 7.47. The van der Waals surface area contributed by atoms with Crippen LogP contribution in [-0.2, 0) is 65.4 Å². The summed E-state index contributed by atoms with van der Waals surface area (Å²) in [5.74, 6) is -1.34. The van der Waals surface area contributed by atoms with Gasteiger partial charge in [0.25, 0.3) is 0 Å². The molecule has 594 valence electrons. The first-order valence-corrected chi connectivity index (χ1v) is 45.1. The molecule has 0 radical (unpaired) electrons. The number of phosphoric ester groups is 2. The molecule has 17 nitrogen and oxygen atoms in total. The summed E-state index contributed by atoms with van der Waals surface area (Å²) in [5.41, 5.74) is 0. The largest absolute Gasteiger partial charge is 0.472 e. The molecular weight excluding hydrogens is 1310 g/mol. The van der Waals surface area contributed by atoms with Crippen LogP contribution in [0.1, 0.15) is 433 Å². The molecular formula is C81H158O17P2. The molecule has 5 atom stereocenters. The van der Waals surface area contributed by atoms with Crippen LogP contribution in [0.5, 0.6) is 0 Å². The van der Waals surface area contributed by atoms with Crippen molar-refractivity contribution in [2.75, 3.05) is 39.6 Å². The Hall–Kier alpha value is -1.94. The van der Waals surface area contributed by atoms with Crippen molar-refractivity contribution in [2.45, 2.75) is 451 Å². The average molecular weight is 1470 g/mol. The fourth-order valence-corrected chi connectivity index (χ4v) is 14.2. The van der Waals surface area contributed by atoms with Crippen molar-refractivity contribution in [1.29, 1.82) is 0 Å². The number of ether oxygens (including phenoxy) is 4. The van der Waals surface area contributed by atoms with E-state index in [0.717, 1.165) is 102 Å². The fourth-order valence-electron chi connectivity index (χ4n) is 12.6. The molecule has 0 aromatic carbocycles. The van der Waals surface area contributed by atoms with Gasteiger partial charge in [-0.1, -0.05) is 381 Å². The van der Waals surface area contributed by atoms with E-state index in [0.29, 0.717) is 25.7 Å². The lowest BCUT2D eigenvalue weighted by atomic mass is 10.0. The second-order valence-electron chi connectivity index (χ2n) is 29.6. The Kier molecular flexibility index (Phi) is 72.5. The van der Waals surface area contributed by atoms with Gasteiger partial charge in [0.2, 0.25) is 0 Å². The van der Waals surface area contributed by atoms with Crippen LogP contribution in [0.3, 0.4) is 0 Å². The molecule has 0 aromatic rings. The topological polar surface area (TPSA) is 237 Å². The molecule has 0 aliphatic carbocycles. The van der Waals surface area contributed by atoms with E-state index in [2.05, 4.69) is 34.6 Å². The second kappa shape index (κ2) is 73.9. The van der Waals surface area contributed by atoms with Gasteiger partial charge in [0.15, 0.2) is 12.2 Å². The summed E-state index contributed by atoms with van der Waals surface area (Å²) < 4.78 is 68.6. The summed E-state index contributed by atoms with van der Waals surface area (Å²) in [6.45, 7) is 7.30. The minimum Gasteiger partial charge on any atom is -0.462 e. The van der Waals surface area contributed by atoms with E-state index in [1.807, 2.05) is 0 Å². The highest BCUT2D eigenvalue weighted by Gasteiger charge is 2.30. The smallest absolute Gasteiger partial charge is 0.462 e. The van der Waals surface area contributed by atoms with Gasteiger partial charge in [0.1, 0.15) is 19.3 Å². The summed E-state index contributed by atoms with van der Waals surface area (Å²) in [7, 11) is -9.91. The number of aliphatic hydroxyl groups is 1. The minimum absolute atomic E-state index is 0.107. The second-order valence-corrected chi connectivity index (χ2v) is 32.5. The van der Waals surface area contributed by atoms with Gasteiger partial charge in [0, 0.05) is 25.7 Å². The average Bonchev–Trinajstić information content (AvgIpc) is 0.928. The molecule has 19 heteroatoms. The third-order valence-electron chi connectivity index (χ3n) is 19.0. The van der Waals surface area contributed by atoms with Crippen molar-refractivity contribution in [1.82, 2.24) is 0 Å². The molecule has 0 rings (SSSR count). The van der Waals surface area contributed by atoms with Crippen molar-refractivity contribution in [3.8, 4) is 0 Å². The number of rotatable bonds is 81. The van der Waals surface area contributed by atoms with E-state index < -0.39 is 97.5 Å². The first kappa shape index (κ1) is 98.1. The number of hydrogen-bond acceptors (Lipinski definition) is 15. The van der Waals surface area contributed by atoms with Crippen molar-refractivity contribution in [2.24, 2.45) is 5.92 Å². The number of unbranched alkanes of at least 4 members (excludes halogenated alkanes) is 53. The molecule has 100 heavy (non-hydrogen) atoms. The Balaban J connectivity index is 5.18. The molecule has 0 aliphatic heterocycles. The monoisotopic (exact) mass is 1470 g/mol. The molecule has 0 spiro atoms. The number of carbonyl (C=O) groups excluding carboxylic acids is 4. The Labute approximate surface area is 613 Å². The maximum absolute atomic E-state index is 13.1. The van der Waals surface area contributed by atoms with Gasteiger partial charge in [-0.3, -0.25) is 37.3 Å². The summed E-state index contributed by atoms with van der Waals surface area (Å²) in [6, 6.07) is 0. The summed E-state index contributed by atoms with van der Waals surface area (Å²) >= 11 is 0. The van der Waals surface area contributed by atoms with Crippen LogP contribution in [0.15, 0.2) is 0 Å². The molecule has 0 bridgehead atoms. The number of hydrogen-bond donors (Lipinski definition) is 3. The lowest BCUT2D eigenvalue weighted by Gasteiger charge is -2.21. The van der Waals surface area contributed by atoms with Crippen LogP contribution in [0.4, 0.5) is 0 Å². The van der Waals surface area contributed by atoms with Crippen LogP contribution in [-0.4, -0.2) is 96.7 Å². The zero-order valence-corrected chi connectivity index (χ0v) is 67.1. The van der Waals surface area contributed by atoms with Gasteiger partial charge in [0.05, 0.1) is 26.4 Å². The predicted octanol–water partition coefficient (Wildman–Crippen LogP) is 24.4. The third kappa shape index (κ3) is 74.3. The lowest BCUT2D eigenvalue weighted by molar-refractivity contribution is -0.161. The maximum atomic E-state index is 13.1. The zero-order valence-electron chi connectivity index (χ0n) is 65.3. The minimum atomic E-state index is -4.96. The Morgan fingerprint density at radius 3 is 0.680 bits per heavy atom. The van der Waals surface area contributed by atoms with Gasteiger partial charge < -0.3 is 33.8 Å². The molecule has 0 heterocycles. The van der Waals surface area contributed by atoms with Crippen molar-refractivity contribution in [3.05, 3.63) is 0 Å². The van der Waals surface area contributed by atoms with E-state index in [9.17, 15) is 43.2 Å². The molecule has 0 amide bonds. The highest BCUT2D eigenvalue weighted by atomic mass is 31.2. The molecule has 3 N–H and O–H groups in total. The third-order valence-corrected chi connectivity index (χ3v) is 20.9. The Morgan fingerprint density at radius 1 is 0.270 bits per heavy atom. The van der Waals surface area contributed by atoms with Crippen molar-refractivity contribution < 1.29 is 80.2 Å². The molecule has 0 fully saturated rings. The summed E-state index contributed by atoms with van der Waals surface area (Å²) in [4.78, 5) is 72.9. The fraction of sp³-hybridized carbons (Fsp3) is 0.951. The molecule has 0 saturated carbocycles. The normalized spacial score (nSPS) is 13.8. The van der Waals surface area contributed by atoms with Crippen LogP contribution >= 0.6 is 15.6 Å². The molecule has 0 aliphatic rings. The van der Waals surface area contributed by atoms with Gasteiger partial charge in [-0.05, 0) is 31.6 Å². The van der Waals surface area contributed by atoms with E-state index in [-0.39, 0.29) is 25.7 Å². The van der Waals surface area contributed by atoms with Gasteiger partial charge in [-0.15, -0.1) is 0 Å². The van der Waals surface area contributed by atoms with Crippen molar-refractivity contribution in [3.63, 3.8) is 0 Å². The summed E-state index contributed by atoms with van der Waals surface area (Å²) in [6.07, 6.45) is 65.4. The Bertz CT molecular complexity index is 1910. The van der Waals surface area contributed by atoms with E-state index >= 15 is 0 Å². The molecule has 0 saturated heterocycles. The first-order valence-electron chi connectivity index (χ1n) is 42.1. The summed E-state index contributed by atoms with van der Waals surface area (Å²) in [5, 5.41) is 10.6. The maximum Gasteiger partial charge on any atom is 0.472 e. The van der Waals surface area contributed by atoms with Crippen LogP contribution in [0, 0.1) is 5.92 Å². The van der Waals surface area contributed by atoms with Crippen LogP contribution < -0.4 is 0 Å².